The molecular weight excluding hydrogens is 320 g/mol. The molecule has 4 rings (SSSR count). The van der Waals surface area contributed by atoms with Crippen molar-refractivity contribution in [2.45, 2.75) is 57.5 Å². The molecule has 2 aliphatic carbocycles. The number of thiophene rings is 1. The van der Waals surface area contributed by atoms with Crippen molar-refractivity contribution in [2.75, 3.05) is 5.32 Å². The van der Waals surface area contributed by atoms with Gasteiger partial charge in [0, 0.05) is 41.0 Å². The van der Waals surface area contributed by atoms with E-state index in [4.69, 9.17) is 0 Å². The van der Waals surface area contributed by atoms with Crippen molar-refractivity contribution < 1.29 is 4.79 Å². The van der Waals surface area contributed by atoms with E-state index in [1.807, 2.05) is 27.1 Å². The zero-order valence-corrected chi connectivity index (χ0v) is 15.2. The van der Waals surface area contributed by atoms with Crippen molar-refractivity contribution in [2.24, 2.45) is 7.05 Å². The number of hydrogen-bond donors (Lipinski definition) is 2. The summed E-state index contributed by atoms with van der Waals surface area (Å²) in [6, 6.07) is 3.44. The Balaban J connectivity index is 1.43. The van der Waals surface area contributed by atoms with Gasteiger partial charge in [-0.05, 0) is 39.2 Å². The van der Waals surface area contributed by atoms with Crippen LogP contribution in [0.25, 0.3) is 0 Å². The minimum Gasteiger partial charge on any atom is -0.319 e. The molecule has 0 bridgehead atoms. The van der Waals surface area contributed by atoms with Crippen LogP contribution in [0.2, 0.25) is 0 Å². The maximum absolute atomic E-state index is 12.6. The van der Waals surface area contributed by atoms with Crippen LogP contribution in [0, 0.1) is 13.8 Å². The van der Waals surface area contributed by atoms with Crippen LogP contribution in [-0.2, 0) is 7.05 Å². The molecule has 128 valence electrons. The van der Waals surface area contributed by atoms with Gasteiger partial charge in [0.1, 0.15) is 0 Å². The molecule has 0 aliphatic heterocycles. The molecule has 5 nitrogen and oxygen atoms in total. The molecule has 2 unspecified atom stereocenters. The Bertz CT molecular complexity index is 774. The molecule has 0 spiro atoms. The summed E-state index contributed by atoms with van der Waals surface area (Å²) < 4.78 is 1.72. The van der Waals surface area contributed by atoms with Gasteiger partial charge in [-0.2, -0.15) is 5.10 Å². The summed E-state index contributed by atoms with van der Waals surface area (Å²) >= 11 is 1.77. The number of hydrogen-bond acceptors (Lipinski definition) is 4. The van der Waals surface area contributed by atoms with Crippen molar-refractivity contribution in [1.82, 2.24) is 15.1 Å². The molecule has 1 amide bonds. The highest BCUT2D eigenvalue weighted by molar-refractivity contribution is 7.12. The molecule has 2 saturated carbocycles. The van der Waals surface area contributed by atoms with Crippen LogP contribution in [0.1, 0.15) is 57.4 Å². The summed E-state index contributed by atoms with van der Waals surface area (Å²) in [5.74, 6) is 0.561. The number of anilines is 1. The number of carbonyl (C=O) groups excluding carboxylic acids is 1. The Morgan fingerprint density at radius 1 is 1.38 bits per heavy atom. The maximum Gasteiger partial charge on any atom is 0.256 e. The summed E-state index contributed by atoms with van der Waals surface area (Å²) in [5, 5.41) is 11.0. The van der Waals surface area contributed by atoms with Gasteiger partial charge in [0.05, 0.1) is 16.9 Å². The van der Waals surface area contributed by atoms with E-state index < -0.39 is 0 Å². The van der Waals surface area contributed by atoms with E-state index in [-0.39, 0.29) is 5.91 Å². The van der Waals surface area contributed by atoms with E-state index in [0.29, 0.717) is 12.0 Å². The lowest BCUT2D eigenvalue weighted by molar-refractivity contribution is 0.102. The average molecular weight is 344 g/mol. The molecule has 0 aromatic carbocycles. The van der Waals surface area contributed by atoms with Gasteiger partial charge in [-0.1, -0.05) is 6.42 Å². The van der Waals surface area contributed by atoms with Gasteiger partial charge in [-0.15, -0.1) is 11.3 Å². The first-order valence-corrected chi connectivity index (χ1v) is 9.51. The molecule has 2 heterocycles. The van der Waals surface area contributed by atoms with Gasteiger partial charge in [0.25, 0.3) is 5.91 Å². The lowest BCUT2D eigenvalue weighted by atomic mass is 9.93. The quantitative estimate of drug-likeness (QED) is 0.874. The molecule has 6 heteroatoms. The van der Waals surface area contributed by atoms with Gasteiger partial charge >= 0.3 is 0 Å². The number of aromatic nitrogens is 2. The van der Waals surface area contributed by atoms with E-state index in [1.165, 1.54) is 30.6 Å². The minimum absolute atomic E-state index is 0.0322. The third-order valence-electron chi connectivity index (χ3n) is 5.15. The molecule has 2 N–H and O–H groups in total. The van der Waals surface area contributed by atoms with E-state index in [2.05, 4.69) is 21.8 Å². The molecule has 2 aromatic rings. The molecule has 24 heavy (non-hydrogen) atoms. The van der Waals surface area contributed by atoms with E-state index >= 15 is 0 Å². The first kappa shape index (κ1) is 15.8. The monoisotopic (exact) mass is 344 g/mol. The zero-order chi connectivity index (χ0) is 16.8. The summed E-state index contributed by atoms with van der Waals surface area (Å²) in [7, 11) is 1.86. The molecule has 0 radical (unpaired) electrons. The summed E-state index contributed by atoms with van der Waals surface area (Å²) in [6.45, 7) is 3.94. The molecule has 0 saturated heterocycles. The highest BCUT2D eigenvalue weighted by Crippen LogP contribution is 2.45. The first-order chi connectivity index (χ1) is 11.5. The minimum atomic E-state index is -0.0322. The molecule has 2 fully saturated rings. The molecule has 2 aliphatic rings. The SMILES string of the molecule is Cc1nn(C)cc1NC(=O)c1cc(C2CC2NC2CCC2)sc1C. The van der Waals surface area contributed by atoms with Crippen molar-refractivity contribution >= 4 is 22.9 Å². The van der Waals surface area contributed by atoms with Crippen molar-refractivity contribution in [3.8, 4) is 0 Å². The highest BCUT2D eigenvalue weighted by atomic mass is 32.1. The Morgan fingerprint density at radius 3 is 2.79 bits per heavy atom. The normalized spacial score (nSPS) is 23.1. The van der Waals surface area contributed by atoms with Gasteiger partial charge in [-0.25, -0.2) is 0 Å². The fraction of sp³-hybridized carbons (Fsp3) is 0.556. The van der Waals surface area contributed by atoms with Crippen molar-refractivity contribution in [3.05, 3.63) is 33.3 Å². The molecule has 2 atom stereocenters. The fourth-order valence-corrected chi connectivity index (χ4v) is 4.60. The Labute approximate surface area is 146 Å². The van der Waals surface area contributed by atoms with E-state index in [9.17, 15) is 4.79 Å². The third kappa shape index (κ3) is 3.00. The topological polar surface area (TPSA) is 59.0 Å². The fourth-order valence-electron chi connectivity index (χ4n) is 3.40. The zero-order valence-electron chi connectivity index (χ0n) is 14.4. The van der Waals surface area contributed by atoms with Gasteiger partial charge < -0.3 is 10.6 Å². The van der Waals surface area contributed by atoms with Crippen LogP contribution in [0.3, 0.4) is 0 Å². The Morgan fingerprint density at radius 2 is 2.17 bits per heavy atom. The Hall–Kier alpha value is -1.66. The van der Waals surface area contributed by atoms with Crippen molar-refractivity contribution in [3.63, 3.8) is 0 Å². The second-order valence-corrected chi connectivity index (χ2v) is 8.41. The lowest BCUT2D eigenvalue weighted by Gasteiger charge is -2.26. The second kappa shape index (κ2) is 6.01. The summed E-state index contributed by atoms with van der Waals surface area (Å²) in [4.78, 5) is 15.1. The predicted molar refractivity (Wildman–Crippen MR) is 96.9 cm³/mol. The largest absolute Gasteiger partial charge is 0.319 e. The van der Waals surface area contributed by atoms with Crippen LogP contribution in [0.5, 0.6) is 0 Å². The average Bonchev–Trinajstić information content (AvgIpc) is 3.04. The number of nitrogens with zero attached hydrogens (tertiary/aromatic N) is 2. The standard InChI is InChI=1S/C18H24N4OS/c1-10-16(9-22(3)21-10)20-18(23)13-8-17(24-11(13)2)14-7-15(14)19-12-5-4-6-12/h8-9,12,14-15,19H,4-7H2,1-3H3,(H,20,23). The second-order valence-electron chi connectivity index (χ2n) is 7.12. The van der Waals surface area contributed by atoms with Gasteiger partial charge in [0.2, 0.25) is 0 Å². The summed E-state index contributed by atoms with van der Waals surface area (Å²) in [5.41, 5.74) is 2.42. The molecule has 2 aromatic heterocycles. The van der Waals surface area contributed by atoms with E-state index in [1.54, 1.807) is 16.0 Å². The number of carbonyl (C=O) groups is 1. The molecular formula is C18H24N4OS. The number of amides is 1. The highest BCUT2D eigenvalue weighted by Gasteiger charge is 2.41. The maximum atomic E-state index is 12.6. The number of nitrogens with one attached hydrogen (secondary N) is 2. The van der Waals surface area contributed by atoms with E-state index in [0.717, 1.165) is 27.9 Å². The number of rotatable bonds is 5. The third-order valence-corrected chi connectivity index (χ3v) is 6.34. The predicted octanol–water partition coefficient (Wildman–Crippen LogP) is 3.35. The smallest absolute Gasteiger partial charge is 0.256 e. The lowest BCUT2D eigenvalue weighted by Crippen LogP contribution is -2.37. The van der Waals surface area contributed by atoms with Gasteiger partial charge in [0.15, 0.2) is 0 Å². The van der Waals surface area contributed by atoms with Crippen molar-refractivity contribution in [1.29, 1.82) is 0 Å². The van der Waals surface area contributed by atoms with Crippen LogP contribution < -0.4 is 10.6 Å². The first-order valence-electron chi connectivity index (χ1n) is 8.69. The Kier molecular flexibility index (Phi) is 3.96. The number of aryl methyl sites for hydroxylation is 3. The summed E-state index contributed by atoms with van der Waals surface area (Å²) in [6.07, 6.45) is 7.06. The van der Waals surface area contributed by atoms with Crippen LogP contribution in [0.4, 0.5) is 5.69 Å². The van der Waals surface area contributed by atoms with Crippen LogP contribution in [0.15, 0.2) is 12.3 Å². The van der Waals surface area contributed by atoms with Gasteiger partial charge in [-0.3, -0.25) is 9.48 Å². The van der Waals surface area contributed by atoms with Crippen LogP contribution >= 0.6 is 11.3 Å². The van der Waals surface area contributed by atoms with Crippen LogP contribution in [-0.4, -0.2) is 27.8 Å².